The van der Waals surface area contributed by atoms with Gasteiger partial charge in [-0.3, -0.25) is 19.3 Å². The molecule has 1 N–H and O–H groups in total. The first-order chi connectivity index (χ1) is 17.7. The van der Waals surface area contributed by atoms with Crippen molar-refractivity contribution in [2.45, 2.75) is 51.9 Å². The van der Waals surface area contributed by atoms with E-state index >= 15 is 0 Å². The van der Waals surface area contributed by atoms with Gasteiger partial charge in [-0.2, -0.15) is 0 Å². The summed E-state index contributed by atoms with van der Waals surface area (Å²) in [5, 5.41) is 13.2. The molecular formula is C29H27NO6S. The third kappa shape index (κ3) is 4.76. The van der Waals surface area contributed by atoms with E-state index in [1.807, 2.05) is 30.5 Å². The lowest BCUT2D eigenvalue weighted by Gasteiger charge is -2.24. The Labute approximate surface area is 218 Å². The van der Waals surface area contributed by atoms with Gasteiger partial charge in [0.15, 0.2) is 0 Å². The molecule has 2 aromatic carbocycles. The molecule has 0 spiro atoms. The van der Waals surface area contributed by atoms with Crippen LogP contribution in [0.15, 0.2) is 65.6 Å². The molecule has 2 atom stereocenters. The molecule has 37 heavy (non-hydrogen) atoms. The quantitative estimate of drug-likeness (QED) is 0.209. The SMILES string of the molecule is CC(C)OC(=O)Cc1ccc(N2C(=O)C(=O)/C(=C(\O)c3ccc4c(c3)CC(C)O4)C2c2cccs2)cc1. The topological polar surface area (TPSA) is 93.1 Å². The number of Topliss-reactive ketones (excluding diaryl/α,β-unsaturated/α-hetero) is 1. The molecule has 2 aliphatic rings. The Kier molecular flexibility index (Phi) is 6.60. The van der Waals surface area contributed by atoms with E-state index in [1.165, 1.54) is 16.2 Å². The summed E-state index contributed by atoms with van der Waals surface area (Å²) in [4.78, 5) is 40.8. The van der Waals surface area contributed by atoms with Crippen LogP contribution in [0.5, 0.6) is 5.75 Å². The van der Waals surface area contributed by atoms with Crippen molar-refractivity contribution in [3.05, 3.63) is 87.1 Å². The number of benzene rings is 2. The molecule has 7 nitrogen and oxygen atoms in total. The van der Waals surface area contributed by atoms with Crippen LogP contribution in [0.25, 0.3) is 5.76 Å². The fourth-order valence-corrected chi connectivity index (χ4v) is 5.61. The van der Waals surface area contributed by atoms with Crippen molar-refractivity contribution in [1.82, 2.24) is 0 Å². The number of nitrogens with zero attached hydrogens (tertiary/aromatic N) is 1. The molecule has 1 fully saturated rings. The van der Waals surface area contributed by atoms with E-state index < -0.39 is 17.7 Å². The number of fused-ring (bicyclic) bond motifs is 1. The Hall–Kier alpha value is -3.91. The van der Waals surface area contributed by atoms with E-state index in [1.54, 1.807) is 50.2 Å². The number of aliphatic hydroxyl groups is 1. The van der Waals surface area contributed by atoms with Crippen LogP contribution in [-0.2, 0) is 32.0 Å². The highest BCUT2D eigenvalue weighted by Crippen LogP contribution is 2.44. The molecule has 0 aliphatic carbocycles. The Morgan fingerprint density at radius 2 is 1.92 bits per heavy atom. The van der Waals surface area contributed by atoms with E-state index in [0.717, 1.165) is 21.8 Å². The molecule has 2 aliphatic heterocycles. The first kappa shape index (κ1) is 24.8. The van der Waals surface area contributed by atoms with Gasteiger partial charge in [-0.1, -0.05) is 18.2 Å². The third-order valence-electron chi connectivity index (χ3n) is 6.36. The van der Waals surface area contributed by atoms with Crippen LogP contribution >= 0.6 is 11.3 Å². The fourth-order valence-electron chi connectivity index (χ4n) is 4.79. The monoisotopic (exact) mass is 517 g/mol. The molecule has 2 unspecified atom stereocenters. The largest absolute Gasteiger partial charge is 0.507 e. The zero-order chi connectivity index (χ0) is 26.3. The van der Waals surface area contributed by atoms with Gasteiger partial charge in [0.1, 0.15) is 23.7 Å². The summed E-state index contributed by atoms with van der Waals surface area (Å²) in [5.74, 6) is -1.25. The minimum Gasteiger partial charge on any atom is -0.507 e. The van der Waals surface area contributed by atoms with Gasteiger partial charge < -0.3 is 14.6 Å². The Balaban J connectivity index is 1.52. The summed E-state index contributed by atoms with van der Waals surface area (Å²) in [6.45, 7) is 5.55. The number of rotatable bonds is 6. The maximum atomic E-state index is 13.3. The number of hydrogen-bond acceptors (Lipinski definition) is 7. The van der Waals surface area contributed by atoms with E-state index in [9.17, 15) is 19.5 Å². The summed E-state index contributed by atoms with van der Waals surface area (Å²) >= 11 is 1.40. The lowest BCUT2D eigenvalue weighted by atomic mass is 9.98. The zero-order valence-electron chi connectivity index (χ0n) is 20.8. The Bertz CT molecular complexity index is 1390. The van der Waals surface area contributed by atoms with Gasteiger partial charge in [0.2, 0.25) is 0 Å². The summed E-state index contributed by atoms with van der Waals surface area (Å²) < 4.78 is 11.0. The molecule has 1 aromatic heterocycles. The van der Waals surface area contributed by atoms with Gasteiger partial charge in [-0.25, -0.2) is 0 Å². The highest BCUT2D eigenvalue weighted by Gasteiger charge is 2.47. The number of ketones is 1. The van der Waals surface area contributed by atoms with Gasteiger partial charge in [-0.05, 0) is 73.7 Å². The molecule has 8 heteroatoms. The number of aliphatic hydroxyl groups excluding tert-OH is 1. The second kappa shape index (κ2) is 9.86. The zero-order valence-corrected chi connectivity index (χ0v) is 21.6. The van der Waals surface area contributed by atoms with Gasteiger partial charge in [-0.15, -0.1) is 11.3 Å². The van der Waals surface area contributed by atoms with Crippen molar-refractivity contribution in [1.29, 1.82) is 0 Å². The maximum absolute atomic E-state index is 13.3. The average Bonchev–Trinajstić information content (AvgIpc) is 3.56. The van der Waals surface area contributed by atoms with Crippen molar-refractivity contribution in [3.63, 3.8) is 0 Å². The molecule has 1 saturated heterocycles. The minimum atomic E-state index is -0.778. The van der Waals surface area contributed by atoms with Gasteiger partial charge >= 0.3 is 5.97 Å². The van der Waals surface area contributed by atoms with E-state index in [2.05, 4.69) is 0 Å². The van der Waals surface area contributed by atoms with E-state index in [0.29, 0.717) is 17.7 Å². The number of carbonyl (C=O) groups excluding carboxylic acids is 3. The number of amides is 1. The maximum Gasteiger partial charge on any atom is 0.310 e. The Morgan fingerprint density at radius 3 is 2.59 bits per heavy atom. The average molecular weight is 518 g/mol. The van der Waals surface area contributed by atoms with Crippen LogP contribution in [0.3, 0.4) is 0 Å². The predicted molar refractivity (Wildman–Crippen MR) is 141 cm³/mol. The predicted octanol–water partition coefficient (Wildman–Crippen LogP) is 5.19. The Morgan fingerprint density at radius 1 is 1.16 bits per heavy atom. The highest BCUT2D eigenvalue weighted by molar-refractivity contribution is 7.10. The number of anilines is 1. The molecule has 3 aromatic rings. The molecular weight excluding hydrogens is 490 g/mol. The van der Waals surface area contributed by atoms with Gasteiger partial charge in [0.25, 0.3) is 11.7 Å². The van der Waals surface area contributed by atoms with Crippen molar-refractivity contribution in [2.24, 2.45) is 0 Å². The number of ether oxygens (including phenoxy) is 2. The van der Waals surface area contributed by atoms with Crippen molar-refractivity contribution in [2.75, 3.05) is 4.90 Å². The van der Waals surface area contributed by atoms with Crippen LogP contribution in [-0.4, -0.2) is 35.0 Å². The standard InChI is InChI=1S/C29H27NO6S/c1-16(2)35-24(31)14-18-6-9-21(10-7-18)30-26(23-5-4-12-37-23)25(28(33)29(30)34)27(32)19-8-11-22-20(15-19)13-17(3)36-22/h4-12,15-17,26,32H,13-14H2,1-3H3/b27-25-. The van der Waals surface area contributed by atoms with Crippen LogP contribution in [0.4, 0.5) is 5.69 Å². The van der Waals surface area contributed by atoms with Crippen LogP contribution < -0.4 is 9.64 Å². The van der Waals surface area contributed by atoms with Gasteiger partial charge in [0, 0.05) is 22.5 Å². The first-order valence-corrected chi connectivity index (χ1v) is 13.0. The lowest BCUT2D eigenvalue weighted by molar-refractivity contribution is -0.146. The molecule has 0 saturated carbocycles. The summed E-state index contributed by atoms with van der Waals surface area (Å²) in [6.07, 6.45) is 0.646. The second-order valence-electron chi connectivity index (χ2n) is 9.52. The molecule has 5 rings (SSSR count). The molecule has 0 radical (unpaired) electrons. The smallest absolute Gasteiger partial charge is 0.310 e. The summed E-state index contributed by atoms with van der Waals surface area (Å²) in [7, 11) is 0. The van der Waals surface area contributed by atoms with Crippen LogP contribution in [0, 0.1) is 0 Å². The fraction of sp³-hybridized carbons (Fsp3) is 0.276. The lowest BCUT2D eigenvalue weighted by Crippen LogP contribution is -2.29. The molecule has 1 amide bonds. The van der Waals surface area contributed by atoms with Crippen molar-refractivity contribution in [3.8, 4) is 5.75 Å². The summed E-state index contributed by atoms with van der Waals surface area (Å²) in [5.41, 5.74) is 2.69. The molecule has 3 heterocycles. The van der Waals surface area contributed by atoms with Crippen molar-refractivity contribution < 1.29 is 29.0 Å². The normalized spacial score (nSPS) is 20.3. The first-order valence-electron chi connectivity index (χ1n) is 12.2. The second-order valence-corrected chi connectivity index (χ2v) is 10.5. The number of hydrogen-bond donors (Lipinski definition) is 1. The minimum absolute atomic E-state index is 0.0410. The molecule has 190 valence electrons. The molecule has 0 bridgehead atoms. The van der Waals surface area contributed by atoms with Crippen LogP contribution in [0.2, 0.25) is 0 Å². The van der Waals surface area contributed by atoms with Gasteiger partial charge in [0.05, 0.1) is 18.1 Å². The van der Waals surface area contributed by atoms with Crippen molar-refractivity contribution >= 4 is 40.4 Å². The summed E-state index contributed by atoms with van der Waals surface area (Å²) in [6, 6.07) is 15.1. The third-order valence-corrected chi connectivity index (χ3v) is 7.28. The van der Waals surface area contributed by atoms with Crippen LogP contribution in [0.1, 0.15) is 48.4 Å². The van der Waals surface area contributed by atoms with E-state index in [-0.39, 0.29) is 35.9 Å². The number of esters is 1. The van der Waals surface area contributed by atoms with E-state index in [4.69, 9.17) is 9.47 Å². The number of thiophene rings is 1. The number of carbonyl (C=O) groups is 3. The highest BCUT2D eigenvalue weighted by atomic mass is 32.1.